The van der Waals surface area contributed by atoms with Gasteiger partial charge in [0.2, 0.25) is 11.8 Å². The zero-order valence-corrected chi connectivity index (χ0v) is 24.0. The smallest absolute Gasteiger partial charge is 0.252 e. The van der Waals surface area contributed by atoms with Gasteiger partial charge in [-0.05, 0) is 36.2 Å². The van der Waals surface area contributed by atoms with Crippen LogP contribution in [0.5, 0.6) is 0 Å². The van der Waals surface area contributed by atoms with Gasteiger partial charge in [-0.1, -0.05) is 43.4 Å². The molecule has 12 heteroatoms. The summed E-state index contributed by atoms with van der Waals surface area (Å²) in [7, 11) is 0. The first-order valence-electron chi connectivity index (χ1n) is 13.9. The lowest BCUT2D eigenvalue weighted by Gasteiger charge is -2.46. The number of carbonyl (C=O) groups excluding carboxylic acids is 3. The zero-order valence-electron chi connectivity index (χ0n) is 23.3. The number of rotatable bonds is 8. The van der Waals surface area contributed by atoms with E-state index in [9.17, 15) is 33.5 Å². The van der Waals surface area contributed by atoms with Crippen LogP contribution in [0.3, 0.4) is 0 Å². The van der Waals surface area contributed by atoms with Crippen LogP contribution in [0.4, 0.5) is 20.3 Å². The van der Waals surface area contributed by atoms with Crippen LogP contribution in [0.1, 0.15) is 43.7 Å². The molecule has 224 valence electrons. The van der Waals surface area contributed by atoms with Gasteiger partial charge in [-0.15, -0.1) is 11.6 Å². The molecule has 3 amide bonds. The molecule has 9 nitrogen and oxygen atoms in total. The minimum Gasteiger partial charge on any atom is -0.392 e. The van der Waals surface area contributed by atoms with E-state index < -0.39 is 59.5 Å². The fraction of sp³-hybridized carbons (Fsp3) is 0.387. The molecule has 2 aliphatic carbocycles. The second-order valence-corrected chi connectivity index (χ2v) is 11.7. The zero-order chi connectivity index (χ0) is 30.9. The van der Waals surface area contributed by atoms with E-state index in [1.807, 2.05) is 6.07 Å². The lowest BCUT2D eigenvalue weighted by atomic mass is 9.74. The Morgan fingerprint density at radius 1 is 1.28 bits per heavy atom. The maximum absolute atomic E-state index is 14.7. The molecule has 1 aromatic heterocycles. The Balaban J connectivity index is 1.63. The van der Waals surface area contributed by atoms with Crippen LogP contribution in [-0.4, -0.2) is 57.2 Å². The van der Waals surface area contributed by atoms with Crippen molar-refractivity contribution in [2.24, 2.45) is 5.41 Å². The summed E-state index contributed by atoms with van der Waals surface area (Å²) in [6, 6.07) is 8.06. The average Bonchev–Trinajstić information content (AvgIpc) is 3.37. The van der Waals surface area contributed by atoms with E-state index in [1.54, 1.807) is 55.5 Å². The van der Waals surface area contributed by atoms with Gasteiger partial charge in [-0.3, -0.25) is 24.2 Å². The summed E-state index contributed by atoms with van der Waals surface area (Å²) >= 11 is 6.81. The summed E-state index contributed by atoms with van der Waals surface area (Å²) in [4.78, 5) is 48.7. The van der Waals surface area contributed by atoms with Crippen molar-refractivity contribution < 1.29 is 28.3 Å². The Morgan fingerprint density at radius 3 is 2.72 bits per heavy atom. The van der Waals surface area contributed by atoms with Crippen LogP contribution >= 0.6 is 11.6 Å². The maximum atomic E-state index is 14.7. The van der Waals surface area contributed by atoms with Crippen LogP contribution in [0.25, 0.3) is 0 Å². The van der Waals surface area contributed by atoms with Gasteiger partial charge >= 0.3 is 0 Å². The predicted molar refractivity (Wildman–Crippen MR) is 155 cm³/mol. The molecule has 2 aromatic rings. The number of nitrogens with zero attached hydrogens (tertiary/aromatic N) is 4. The number of aliphatic hydroxyl groups is 1. The lowest BCUT2D eigenvalue weighted by Crippen LogP contribution is -2.64. The van der Waals surface area contributed by atoms with Crippen LogP contribution in [0.2, 0.25) is 0 Å². The molecule has 0 radical (unpaired) electrons. The van der Waals surface area contributed by atoms with Gasteiger partial charge in [0, 0.05) is 42.6 Å². The van der Waals surface area contributed by atoms with Gasteiger partial charge < -0.3 is 10.4 Å². The highest BCUT2D eigenvalue weighted by Crippen LogP contribution is 2.43. The number of amides is 3. The molecule has 43 heavy (non-hydrogen) atoms. The molecule has 1 saturated carbocycles. The second kappa shape index (κ2) is 11.9. The molecule has 0 bridgehead atoms. The highest BCUT2D eigenvalue weighted by Gasteiger charge is 2.53. The van der Waals surface area contributed by atoms with E-state index in [-0.39, 0.29) is 42.4 Å². The van der Waals surface area contributed by atoms with Gasteiger partial charge in [0.15, 0.2) is 0 Å². The number of hydrogen-bond donors (Lipinski definition) is 2. The third-order valence-electron chi connectivity index (χ3n) is 8.20. The summed E-state index contributed by atoms with van der Waals surface area (Å²) in [5.41, 5.74) is -0.261. The van der Waals surface area contributed by atoms with E-state index >= 15 is 0 Å². The maximum Gasteiger partial charge on any atom is 0.252 e. The molecule has 1 saturated heterocycles. The van der Waals surface area contributed by atoms with Crippen LogP contribution in [0.15, 0.2) is 66.9 Å². The monoisotopic (exact) mass is 609 g/mol. The number of nitrogens with one attached hydrogen (secondary N) is 1. The van der Waals surface area contributed by atoms with E-state index in [1.165, 1.54) is 28.1 Å². The standard InChI is InChI=1S/C31H30ClF2N5O4/c1-30(11-3-2-7-24(30)32)27(28(42)37-21-15-31(33,34)16-21)38(22-6-4-5-20(13-22)18-40)29(43)23-8-9-26(41)39(23)25-14-19(17-35)10-12-36-25/h2-7,10-14,21,23-24,27,40H,8-9,15-16,18H2,1H3,(H,37,42)/t23-,24?,27+,30?/m0/s1. The molecule has 5 rings (SSSR count). The van der Waals surface area contributed by atoms with E-state index in [2.05, 4.69) is 10.3 Å². The number of pyridine rings is 1. The Hall–Kier alpha value is -4.14. The van der Waals surface area contributed by atoms with Gasteiger partial charge in [0.25, 0.3) is 11.8 Å². The molecule has 2 N–H and O–H groups in total. The number of benzene rings is 1. The summed E-state index contributed by atoms with van der Waals surface area (Å²) < 4.78 is 27.4. The Morgan fingerprint density at radius 2 is 2.05 bits per heavy atom. The van der Waals surface area contributed by atoms with Crippen molar-refractivity contribution in [3.63, 3.8) is 0 Å². The van der Waals surface area contributed by atoms with Gasteiger partial charge in [0.05, 0.1) is 23.6 Å². The molecule has 0 spiro atoms. The van der Waals surface area contributed by atoms with Crippen molar-refractivity contribution in [2.75, 3.05) is 9.80 Å². The number of allylic oxidation sites excluding steroid dienone is 3. The molecule has 1 aromatic carbocycles. The number of alkyl halides is 3. The average molecular weight is 610 g/mol. The predicted octanol–water partition coefficient (Wildman–Crippen LogP) is 4.00. The highest BCUT2D eigenvalue weighted by atomic mass is 35.5. The van der Waals surface area contributed by atoms with Crippen molar-refractivity contribution in [1.29, 1.82) is 5.26 Å². The first-order chi connectivity index (χ1) is 20.5. The van der Waals surface area contributed by atoms with Crippen molar-refractivity contribution >= 4 is 40.8 Å². The number of aliphatic hydroxyl groups excluding tert-OH is 1. The number of carbonyl (C=O) groups is 3. The SMILES string of the molecule is CC1([C@@H](C(=O)NC2CC(F)(F)C2)N(C(=O)[C@@H]2CCC(=O)N2c2cc(C#N)ccn2)c2cccc(CO)c2)C=CC=CC1Cl. The number of hydrogen-bond acceptors (Lipinski definition) is 6. The van der Waals surface area contributed by atoms with E-state index in [4.69, 9.17) is 11.6 Å². The number of anilines is 2. The van der Waals surface area contributed by atoms with Crippen LogP contribution < -0.4 is 15.1 Å². The molecular weight excluding hydrogens is 580 g/mol. The lowest BCUT2D eigenvalue weighted by molar-refractivity contribution is -0.134. The molecule has 4 atom stereocenters. The first kappa shape index (κ1) is 30.3. The summed E-state index contributed by atoms with van der Waals surface area (Å²) in [6.07, 6.45) is 7.23. The van der Waals surface area contributed by atoms with Gasteiger partial charge in [0.1, 0.15) is 17.9 Å². The van der Waals surface area contributed by atoms with E-state index in [0.717, 1.165) is 0 Å². The molecule has 2 unspecified atom stereocenters. The second-order valence-electron chi connectivity index (χ2n) is 11.3. The van der Waals surface area contributed by atoms with Crippen LogP contribution in [-0.2, 0) is 21.0 Å². The molecule has 2 heterocycles. The minimum atomic E-state index is -2.89. The van der Waals surface area contributed by atoms with E-state index in [0.29, 0.717) is 5.56 Å². The minimum absolute atomic E-state index is 0.0193. The van der Waals surface area contributed by atoms with Crippen molar-refractivity contribution in [3.05, 3.63) is 78.0 Å². The summed E-state index contributed by atoms with van der Waals surface area (Å²) in [5.74, 6) is -4.47. The molecular formula is C31H30ClF2N5O4. The molecule has 3 aliphatic rings. The van der Waals surface area contributed by atoms with Crippen molar-refractivity contribution in [1.82, 2.24) is 10.3 Å². The molecule has 2 fully saturated rings. The highest BCUT2D eigenvalue weighted by molar-refractivity contribution is 6.23. The van der Waals surface area contributed by atoms with Crippen LogP contribution in [0, 0.1) is 16.7 Å². The number of nitriles is 1. The largest absolute Gasteiger partial charge is 0.392 e. The number of aromatic nitrogens is 1. The summed E-state index contributed by atoms with van der Waals surface area (Å²) in [6.45, 7) is 1.36. The Labute approximate surface area is 252 Å². The number of halogens is 3. The normalized spacial score (nSPS) is 25.1. The summed E-state index contributed by atoms with van der Waals surface area (Å²) in [5, 5.41) is 21.2. The Kier molecular flexibility index (Phi) is 8.36. The van der Waals surface area contributed by atoms with Gasteiger partial charge in [-0.2, -0.15) is 5.26 Å². The topological polar surface area (TPSA) is 127 Å². The molecule has 1 aliphatic heterocycles. The third kappa shape index (κ3) is 5.90. The van der Waals surface area contributed by atoms with Gasteiger partial charge in [-0.25, -0.2) is 13.8 Å². The third-order valence-corrected chi connectivity index (χ3v) is 8.82. The first-order valence-corrected chi connectivity index (χ1v) is 14.3. The van der Waals surface area contributed by atoms with Crippen molar-refractivity contribution in [2.45, 2.75) is 68.6 Å². The fourth-order valence-corrected chi connectivity index (χ4v) is 6.16. The fourth-order valence-electron chi connectivity index (χ4n) is 5.88. The Bertz CT molecular complexity index is 1530. The van der Waals surface area contributed by atoms with Crippen molar-refractivity contribution in [3.8, 4) is 6.07 Å². The quantitative estimate of drug-likeness (QED) is 0.436.